The van der Waals surface area contributed by atoms with Gasteiger partial charge in [-0.15, -0.1) is 0 Å². The zero-order valence-corrected chi connectivity index (χ0v) is 15.2. The smallest absolute Gasteiger partial charge is 0.421 e. The molecule has 156 valence electrons. The quantitative estimate of drug-likeness (QED) is 0.553. The second-order valence-electron chi connectivity index (χ2n) is 5.95. The molecule has 1 aromatic carbocycles. The number of rotatable bonds is 5. The Labute approximate surface area is 161 Å². The highest BCUT2D eigenvalue weighted by atomic mass is 19.4. The summed E-state index contributed by atoms with van der Waals surface area (Å²) in [5, 5.41) is 0. The monoisotopic (exact) mass is 418 g/mol. The second kappa shape index (κ2) is 8.41. The summed E-state index contributed by atoms with van der Waals surface area (Å²) in [6.07, 6.45) is -3.96. The molecule has 6 nitrogen and oxygen atoms in total. The Bertz CT molecular complexity index is 987. The number of amides is 1. The Morgan fingerprint density at radius 3 is 2.45 bits per heavy atom. The predicted molar refractivity (Wildman–Crippen MR) is 89.6 cm³/mol. The van der Waals surface area contributed by atoms with E-state index >= 15 is 0 Å². The van der Waals surface area contributed by atoms with Gasteiger partial charge in [-0.2, -0.15) is 13.2 Å². The zero-order valence-electron chi connectivity index (χ0n) is 15.2. The van der Waals surface area contributed by atoms with Gasteiger partial charge in [0.25, 0.3) is 5.56 Å². The summed E-state index contributed by atoms with van der Waals surface area (Å²) in [6.45, 7) is -0.871. The van der Waals surface area contributed by atoms with Crippen molar-refractivity contribution in [1.82, 2.24) is 9.47 Å². The highest BCUT2D eigenvalue weighted by Crippen LogP contribution is 2.27. The highest BCUT2D eigenvalue weighted by Gasteiger charge is 2.35. The molecule has 11 heteroatoms. The number of ether oxygens (including phenoxy) is 1. The molecule has 0 saturated heterocycles. The van der Waals surface area contributed by atoms with Gasteiger partial charge in [0.1, 0.15) is 23.7 Å². The van der Waals surface area contributed by atoms with E-state index < -0.39 is 59.0 Å². The molecule has 1 aromatic heterocycles. The summed E-state index contributed by atoms with van der Waals surface area (Å²) in [6, 6.07) is 2.02. The molecular weight excluding hydrogens is 403 g/mol. The van der Waals surface area contributed by atoms with Crippen LogP contribution in [0.4, 0.5) is 22.0 Å². The van der Waals surface area contributed by atoms with Crippen LogP contribution in [0.3, 0.4) is 0 Å². The lowest BCUT2D eigenvalue weighted by Gasteiger charge is -2.27. The van der Waals surface area contributed by atoms with Crippen molar-refractivity contribution in [3.8, 4) is 0 Å². The molecule has 0 spiro atoms. The molecule has 29 heavy (non-hydrogen) atoms. The van der Waals surface area contributed by atoms with Crippen molar-refractivity contribution in [2.24, 2.45) is 0 Å². The van der Waals surface area contributed by atoms with Crippen LogP contribution >= 0.6 is 0 Å². The molecule has 1 heterocycles. The van der Waals surface area contributed by atoms with E-state index in [4.69, 9.17) is 0 Å². The average molecular weight is 418 g/mol. The number of methoxy groups -OCH3 is 1. The minimum Gasteiger partial charge on any atom is -0.467 e. The number of hydrogen-bond donors (Lipinski definition) is 0. The lowest BCUT2D eigenvalue weighted by Crippen LogP contribution is -2.41. The third-order valence-electron chi connectivity index (χ3n) is 4.09. The fourth-order valence-corrected chi connectivity index (χ4v) is 2.61. The number of hydrogen-bond acceptors (Lipinski definition) is 4. The number of halogens is 5. The Morgan fingerprint density at radius 1 is 1.21 bits per heavy atom. The number of alkyl halides is 3. The summed E-state index contributed by atoms with van der Waals surface area (Å²) in [5.41, 5.74) is -3.45. The van der Waals surface area contributed by atoms with Crippen molar-refractivity contribution in [3.05, 3.63) is 69.6 Å². The van der Waals surface area contributed by atoms with Crippen molar-refractivity contribution in [2.75, 3.05) is 14.2 Å². The molecule has 0 N–H and O–H groups in total. The summed E-state index contributed by atoms with van der Waals surface area (Å²) in [5.74, 6) is -4.00. The van der Waals surface area contributed by atoms with Gasteiger partial charge in [0, 0.05) is 18.8 Å². The number of benzene rings is 1. The van der Waals surface area contributed by atoms with Crippen molar-refractivity contribution >= 4 is 11.9 Å². The molecule has 0 unspecified atom stereocenters. The Kier molecular flexibility index (Phi) is 6.40. The number of pyridine rings is 1. The van der Waals surface area contributed by atoms with Gasteiger partial charge in [0.15, 0.2) is 6.04 Å². The van der Waals surface area contributed by atoms with Crippen LogP contribution in [0.2, 0.25) is 0 Å². The van der Waals surface area contributed by atoms with E-state index in [9.17, 15) is 36.3 Å². The molecule has 0 fully saturated rings. The molecule has 0 saturated carbocycles. The fraction of sp³-hybridized carbons (Fsp3) is 0.278. The van der Waals surface area contributed by atoms with E-state index in [1.54, 1.807) is 0 Å². The third-order valence-corrected chi connectivity index (χ3v) is 4.09. The van der Waals surface area contributed by atoms with Gasteiger partial charge in [-0.25, -0.2) is 13.6 Å². The first-order chi connectivity index (χ1) is 13.5. The van der Waals surface area contributed by atoms with Crippen LogP contribution in [-0.4, -0.2) is 35.5 Å². The van der Waals surface area contributed by atoms with Gasteiger partial charge in [-0.3, -0.25) is 9.59 Å². The summed E-state index contributed by atoms with van der Waals surface area (Å²) in [4.78, 5) is 37.3. The SMILES string of the molecule is COC(=O)[C@@H](c1cc(F)ccc1F)N(C)C(=O)Cn1cccc(C(F)(F)F)c1=O. The van der Waals surface area contributed by atoms with Crippen LogP contribution in [0.1, 0.15) is 17.2 Å². The average Bonchev–Trinajstić information content (AvgIpc) is 2.65. The summed E-state index contributed by atoms with van der Waals surface area (Å²) >= 11 is 0. The van der Waals surface area contributed by atoms with Crippen LogP contribution < -0.4 is 5.56 Å². The van der Waals surface area contributed by atoms with E-state index in [0.29, 0.717) is 21.6 Å². The van der Waals surface area contributed by atoms with Crippen molar-refractivity contribution in [3.63, 3.8) is 0 Å². The molecular formula is C18H15F5N2O4. The first kappa shape index (κ1) is 22.1. The van der Waals surface area contributed by atoms with Crippen molar-refractivity contribution in [1.29, 1.82) is 0 Å². The molecule has 2 rings (SSSR count). The van der Waals surface area contributed by atoms with Gasteiger partial charge in [-0.1, -0.05) is 0 Å². The van der Waals surface area contributed by atoms with E-state index in [0.717, 1.165) is 38.6 Å². The lowest BCUT2D eigenvalue weighted by atomic mass is 10.0. The van der Waals surface area contributed by atoms with E-state index in [2.05, 4.69) is 4.74 Å². The van der Waals surface area contributed by atoms with Crippen LogP contribution in [0.25, 0.3) is 0 Å². The van der Waals surface area contributed by atoms with Crippen molar-refractivity contribution < 1.29 is 36.3 Å². The normalized spacial score (nSPS) is 12.4. The van der Waals surface area contributed by atoms with Crippen LogP contribution in [0, 0.1) is 11.6 Å². The minimum absolute atomic E-state index is 0.498. The summed E-state index contributed by atoms with van der Waals surface area (Å²) in [7, 11) is 2.01. The Morgan fingerprint density at radius 2 is 1.86 bits per heavy atom. The zero-order chi connectivity index (χ0) is 21.9. The van der Waals surface area contributed by atoms with Gasteiger partial charge in [-0.05, 0) is 30.3 Å². The van der Waals surface area contributed by atoms with E-state index in [1.807, 2.05) is 0 Å². The number of esters is 1. The molecule has 1 amide bonds. The van der Waals surface area contributed by atoms with E-state index in [1.165, 1.54) is 0 Å². The molecule has 1 atom stereocenters. The lowest BCUT2D eigenvalue weighted by molar-refractivity contribution is -0.152. The standard InChI is InChI=1S/C18H15F5N2O4/c1-24(15(17(28)29-2)11-8-10(19)5-6-13(11)20)14(26)9-25-7-3-4-12(16(25)27)18(21,22)23/h3-8,15H,9H2,1-2H3/t15-/m1/s1. The molecule has 0 aliphatic rings. The first-order valence-electron chi connectivity index (χ1n) is 8.02. The van der Waals surface area contributed by atoms with Gasteiger partial charge in [0.2, 0.25) is 5.91 Å². The predicted octanol–water partition coefficient (Wildman–Crippen LogP) is 2.52. The summed E-state index contributed by atoms with van der Waals surface area (Å²) < 4.78 is 71.3. The fourth-order valence-electron chi connectivity index (χ4n) is 2.61. The second-order valence-corrected chi connectivity index (χ2v) is 5.95. The molecule has 0 aliphatic carbocycles. The third kappa shape index (κ3) is 4.79. The number of aromatic nitrogens is 1. The molecule has 0 radical (unpaired) electrons. The minimum atomic E-state index is -4.92. The van der Waals surface area contributed by atoms with E-state index in [-0.39, 0.29) is 0 Å². The maximum atomic E-state index is 14.1. The molecule has 2 aromatic rings. The number of carbonyl (C=O) groups is 2. The topological polar surface area (TPSA) is 68.6 Å². The first-order valence-corrected chi connectivity index (χ1v) is 8.02. The van der Waals surface area contributed by atoms with Crippen LogP contribution in [0.5, 0.6) is 0 Å². The molecule has 0 bridgehead atoms. The Balaban J connectivity index is 2.40. The van der Waals surface area contributed by atoms with Crippen molar-refractivity contribution in [2.45, 2.75) is 18.8 Å². The maximum Gasteiger partial charge on any atom is 0.421 e. The molecule has 0 aliphatic heterocycles. The van der Waals surface area contributed by atoms with Crippen LogP contribution in [-0.2, 0) is 27.0 Å². The highest BCUT2D eigenvalue weighted by molar-refractivity contribution is 5.85. The van der Waals surface area contributed by atoms with Gasteiger partial charge >= 0.3 is 12.1 Å². The van der Waals surface area contributed by atoms with Gasteiger partial charge in [0.05, 0.1) is 7.11 Å². The Hall–Kier alpha value is -3.24. The maximum absolute atomic E-state index is 14.1. The largest absolute Gasteiger partial charge is 0.467 e. The van der Waals surface area contributed by atoms with Crippen LogP contribution in [0.15, 0.2) is 41.3 Å². The number of carbonyl (C=O) groups excluding carboxylic acids is 2. The number of likely N-dealkylation sites (N-methyl/N-ethyl adjacent to an activating group) is 1. The van der Waals surface area contributed by atoms with Gasteiger partial charge < -0.3 is 14.2 Å². The number of nitrogens with zero attached hydrogens (tertiary/aromatic N) is 2.